The summed E-state index contributed by atoms with van der Waals surface area (Å²) in [7, 11) is 6.37. The molecule has 26 heavy (non-hydrogen) atoms. The van der Waals surface area contributed by atoms with Gasteiger partial charge in [0.05, 0.1) is 34.5 Å². The van der Waals surface area contributed by atoms with Crippen molar-refractivity contribution in [3.63, 3.8) is 0 Å². The Hall–Kier alpha value is -2.89. The van der Waals surface area contributed by atoms with Crippen molar-refractivity contribution >= 4 is 5.91 Å². The number of rotatable bonds is 8. The number of hydrogen-bond acceptors (Lipinski definition) is 5. The fourth-order valence-electron chi connectivity index (χ4n) is 2.81. The zero-order valence-electron chi connectivity index (χ0n) is 15.8. The predicted octanol–water partition coefficient (Wildman–Crippen LogP) is 3.14. The van der Waals surface area contributed by atoms with E-state index < -0.39 is 0 Å². The minimum Gasteiger partial charge on any atom is -0.493 e. The molecule has 0 fully saturated rings. The molecule has 0 saturated carbocycles. The standard InChI is InChI=1S/C20H25NO5/c1-13(22)21-16(15-7-9-18(24-3)20(12-15)26-5)10-14-6-8-17(23-2)19(11-14)25-4/h6-9,11-12,16H,10H2,1-5H3,(H,21,22). The van der Waals surface area contributed by atoms with Crippen LogP contribution in [0.5, 0.6) is 23.0 Å². The van der Waals surface area contributed by atoms with Gasteiger partial charge in [0.25, 0.3) is 0 Å². The van der Waals surface area contributed by atoms with Crippen LogP contribution in [0.1, 0.15) is 24.1 Å². The lowest BCUT2D eigenvalue weighted by Crippen LogP contribution is -2.27. The molecule has 2 aromatic rings. The van der Waals surface area contributed by atoms with Crippen molar-refractivity contribution in [2.75, 3.05) is 28.4 Å². The molecule has 0 bridgehead atoms. The topological polar surface area (TPSA) is 66.0 Å². The molecular formula is C20H25NO5. The minimum absolute atomic E-state index is 0.106. The van der Waals surface area contributed by atoms with Gasteiger partial charge >= 0.3 is 0 Å². The summed E-state index contributed by atoms with van der Waals surface area (Å²) in [5.74, 6) is 2.47. The van der Waals surface area contributed by atoms with Crippen LogP contribution < -0.4 is 24.3 Å². The zero-order chi connectivity index (χ0) is 19.1. The van der Waals surface area contributed by atoms with Crippen LogP contribution in [0, 0.1) is 0 Å². The van der Waals surface area contributed by atoms with Crippen molar-refractivity contribution in [2.24, 2.45) is 0 Å². The van der Waals surface area contributed by atoms with Crippen LogP contribution in [0.3, 0.4) is 0 Å². The van der Waals surface area contributed by atoms with Gasteiger partial charge in [-0.15, -0.1) is 0 Å². The first kappa shape index (κ1) is 19.4. The summed E-state index contributed by atoms with van der Waals surface area (Å²) in [6, 6.07) is 11.1. The van der Waals surface area contributed by atoms with Gasteiger partial charge in [-0.05, 0) is 41.8 Å². The maximum atomic E-state index is 11.7. The lowest BCUT2D eigenvalue weighted by molar-refractivity contribution is -0.119. The van der Waals surface area contributed by atoms with E-state index in [9.17, 15) is 4.79 Å². The van der Waals surface area contributed by atoms with Gasteiger partial charge in [0, 0.05) is 6.92 Å². The van der Waals surface area contributed by atoms with Crippen LogP contribution in [-0.2, 0) is 11.2 Å². The average Bonchev–Trinajstić information content (AvgIpc) is 2.66. The second-order valence-electron chi connectivity index (χ2n) is 5.76. The van der Waals surface area contributed by atoms with Gasteiger partial charge in [-0.1, -0.05) is 12.1 Å². The smallest absolute Gasteiger partial charge is 0.217 e. The lowest BCUT2D eigenvalue weighted by atomic mass is 9.98. The number of benzene rings is 2. The Labute approximate surface area is 154 Å². The number of carbonyl (C=O) groups is 1. The van der Waals surface area contributed by atoms with E-state index in [1.54, 1.807) is 28.4 Å². The van der Waals surface area contributed by atoms with Gasteiger partial charge in [0.2, 0.25) is 5.91 Å². The molecule has 0 spiro atoms. The van der Waals surface area contributed by atoms with Crippen molar-refractivity contribution in [1.82, 2.24) is 5.32 Å². The Morgan fingerprint density at radius 1 is 0.846 bits per heavy atom. The minimum atomic E-state index is -0.217. The fraction of sp³-hybridized carbons (Fsp3) is 0.350. The van der Waals surface area contributed by atoms with E-state index in [4.69, 9.17) is 18.9 Å². The molecule has 2 rings (SSSR count). The Bertz CT molecular complexity index is 760. The van der Waals surface area contributed by atoms with Gasteiger partial charge in [-0.3, -0.25) is 4.79 Å². The molecule has 1 unspecified atom stereocenters. The van der Waals surface area contributed by atoms with Crippen molar-refractivity contribution < 1.29 is 23.7 Å². The first-order chi connectivity index (χ1) is 12.5. The van der Waals surface area contributed by atoms with Crippen LogP contribution in [-0.4, -0.2) is 34.3 Å². The van der Waals surface area contributed by atoms with Gasteiger partial charge in [-0.2, -0.15) is 0 Å². The normalized spacial score (nSPS) is 11.4. The number of methoxy groups -OCH3 is 4. The second kappa shape index (κ2) is 8.99. The Morgan fingerprint density at radius 2 is 1.38 bits per heavy atom. The predicted molar refractivity (Wildman–Crippen MR) is 99.4 cm³/mol. The molecule has 0 aromatic heterocycles. The summed E-state index contributed by atoms with van der Waals surface area (Å²) in [6.45, 7) is 1.50. The molecule has 6 nitrogen and oxygen atoms in total. The summed E-state index contributed by atoms with van der Waals surface area (Å²) in [5, 5.41) is 2.99. The lowest BCUT2D eigenvalue weighted by Gasteiger charge is -2.20. The number of ether oxygens (including phenoxy) is 4. The number of hydrogen-bond donors (Lipinski definition) is 1. The number of amides is 1. The van der Waals surface area contributed by atoms with E-state index >= 15 is 0 Å². The maximum Gasteiger partial charge on any atom is 0.217 e. The monoisotopic (exact) mass is 359 g/mol. The molecule has 0 aliphatic carbocycles. The van der Waals surface area contributed by atoms with Crippen molar-refractivity contribution in [2.45, 2.75) is 19.4 Å². The van der Waals surface area contributed by atoms with Crippen LogP contribution in [0.2, 0.25) is 0 Å². The van der Waals surface area contributed by atoms with Gasteiger partial charge in [0.15, 0.2) is 23.0 Å². The molecule has 0 aliphatic rings. The fourth-order valence-corrected chi connectivity index (χ4v) is 2.81. The molecule has 6 heteroatoms. The van der Waals surface area contributed by atoms with Crippen molar-refractivity contribution in [3.05, 3.63) is 47.5 Å². The second-order valence-corrected chi connectivity index (χ2v) is 5.76. The van der Waals surface area contributed by atoms with E-state index in [2.05, 4.69) is 5.32 Å². The first-order valence-electron chi connectivity index (χ1n) is 8.22. The highest BCUT2D eigenvalue weighted by Gasteiger charge is 2.17. The SMILES string of the molecule is COc1ccc(CC(NC(C)=O)c2ccc(OC)c(OC)c2)cc1OC. The summed E-state index contributed by atoms with van der Waals surface area (Å²) in [6.07, 6.45) is 0.593. The third-order valence-electron chi connectivity index (χ3n) is 4.08. The molecule has 0 radical (unpaired) electrons. The molecule has 0 heterocycles. The maximum absolute atomic E-state index is 11.7. The average molecular weight is 359 g/mol. The van der Waals surface area contributed by atoms with E-state index in [0.29, 0.717) is 29.4 Å². The van der Waals surface area contributed by atoms with Gasteiger partial charge < -0.3 is 24.3 Å². The first-order valence-corrected chi connectivity index (χ1v) is 8.22. The van der Waals surface area contributed by atoms with E-state index in [-0.39, 0.29) is 11.9 Å². The molecule has 1 amide bonds. The third-order valence-corrected chi connectivity index (χ3v) is 4.08. The number of nitrogens with one attached hydrogen (secondary N) is 1. The highest BCUT2D eigenvalue weighted by molar-refractivity contribution is 5.73. The highest BCUT2D eigenvalue weighted by Crippen LogP contribution is 2.33. The summed E-state index contributed by atoms with van der Waals surface area (Å²) in [4.78, 5) is 11.7. The molecule has 140 valence electrons. The molecule has 0 saturated heterocycles. The van der Waals surface area contributed by atoms with Crippen LogP contribution in [0.25, 0.3) is 0 Å². The highest BCUT2D eigenvalue weighted by atomic mass is 16.5. The summed E-state index contributed by atoms with van der Waals surface area (Å²) in [5.41, 5.74) is 1.93. The molecule has 0 aliphatic heterocycles. The number of carbonyl (C=O) groups excluding carboxylic acids is 1. The third kappa shape index (κ3) is 4.59. The van der Waals surface area contributed by atoms with Crippen LogP contribution in [0.4, 0.5) is 0 Å². The quantitative estimate of drug-likeness (QED) is 0.784. The van der Waals surface area contributed by atoms with E-state index in [1.807, 2.05) is 36.4 Å². The van der Waals surface area contributed by atoms with Crippen molar-refractivity contribution in [1.29, 1.82) is 0 Å². The Kier molecular flexibility index (Phi) is 6.72. The summed E-state index contributed by atoms with van der Waals surface area (Å²) >= 11 is 0. The Balaban J connectivity index is 2.35. The molecule has 1 N–H and O–H groups in total. The van der Waals surface area contributed by atoms with Gasteiger partial charge in [-0.25, -0.2) is 0 Å². The van der Waals surface area contributed by atoms with Crippen LogP contribution in [0.15, 0.2) is 36.4 Å². The summed E-state index contributed by atoms with van der Waals surface area (Å²) < 4.78 is 21.3. The Morgan fingerprint density at radius 3 is 1.92 bits per heavy atom. The van der Waals surface area contributed by atoms with E-state index in [1.165, 1.54) is 6.92 Å². The van der Waals surface area contributed by atoms with Crippen molar-refractivity contribution in [3.8, 4) is 23.0 Å². The van der Waals surface area contributed by atoms with E-state index in [0.717, 1.165) is 11.1 Å². The largest absolute Gasteiger partial charge is 0.493 e. The van der Waals surface area contributed by atoms with Gasteiger partial charge in [0.1, 0.15) is 0 Å². The van der Waals surface area contributed by atoms with Crippen LogP contribution >= 0.6 is 0 Å². The molecule has 1 atom stereocenters. The zero-order valence-corrected chi connectivity index (χ0v) is 15.8. The molecule has 2 aromatic carbocycles. The molecular weight excluding hydrogens is 334 g/mol.